The van der Waals surface area contributed by atoms with Crippen molar-refractivity contribution in [1.29, 1.82) is 0 Å². The number of H-pyrrole nitrogens is 1. The van der Waals surface area contributed by atoms with Crippen LogP contribution in [0.25, 0.3) is 0 Å². The zero-order valence-corrected chi connectivity index (χ0v) is 20.2. The van der Waals surface area contributed by atoms with Crippen molar-refractivity contribution in [2.45, 2.75) is 70.5 Å². The van der Waals surface area contributed by atoms with Gasteiger partial charge < -0.3 is 9.47 Å². The Balaban J connectivity index is 1.78. The van der Waals surface area contributed by atoms with Crippen molar-refractivity contribution < 1.29 is 26.9 Å². The molecule has 11 heteroatoms. The van der Waals surface area contributed by atoms with E-state index in [4.69, 9.17) is 13.7 Å². The van der Waals surface area contributed by atoms with E-state index in [1.54, 1.807) is 6.92 Å². The van der Waals surface area contributed by atoms with Crippen LogP contribution in [0.15, 0.2) is 46.1 Å². The van der Waals surface area contributed by atoms with E-state index >= 15 is 0 Å². The normalized spacial score (nSPS) is 21.3. The largest absolute Gasteiger partial charge is 0.460 e. The van der Waals surface area contributed by atoms with Gasteiger partial charge in [-0.2, -0.15) is 8.42 Å². The van der Waals surface area contributed by atoms with Crippen molar-refractivity contribution >= 4 is 16.1 Å². The van der Waals surface area contributed by atoms with Gasteiger partial charge in [0.1, 0.15) is 12.3 Å². The summed E-state index contributed by atoms with van der Waals surface area (Å²) >= 11 is 0. The molecule has 0 saturated carbocycles. The number of aromatic nitrogens is 2. The third-order valence-corrected chi connectivity index (χ3v) is 6.24. The molecule has 1 saturated heterocycles. The number of carbonyl (C=O) groups excluding carboxylic acids is 1. The van der Waals surface area contributed by atoms with Gasteiger partial charge in [0.2, 0.25) is 0 Å². The molecule has 1 aliphatic rings. The lowest BCUT2D eigenvalue weighted by Crippen LogP contribution is -2.34. The van der Waals surface area contributed by atoms with Gasteiger partial charge in [-0.05, 0) is 24.8 Å². The molecule has 4 atom stereocenters. The fourth-order valence-corrected chi connectivity index (χ4v) is 4.78. The molecular weight excluding hydrogens is 464 g/mol. The Morgan fingerprint density at radius 3 is 2.59 bits per heavy atom. The molecule has 3 rings (SSSR count). The van der Waals surface area contributed by atoms with Gasteiger partial charge in [0.25, 0.3) is 15.7 Å². The molecule has 1 fully saturated rings. The lowest BCUT2D eigenvalue weighted by molar-refractivity contribution is -0.149. The average Bonchev–Trinajstić information content (AvgIpc) is 3.13. The Hall–Kier alpha value is -2.76. The van der Waals surface area contributed by atoms with Crippen molar-refractivity contribution in [3.05, 3.63) is 68.5 Å². The highest BCUT2D eigenvalue weighted by molar-refractivity contribution is 7.86. The number of nitrogens with one attached hydrogen (secondary N) is 1. The Labute approximate surface area is 198 Å². The predicted molar refractivity (Wildman–Crippen MR) is 124 cm³/mol. The quantitative estimate of drug-likeness (QED) is 0.390. The summed E-state index contributed by atoms with van der Waals surface area (Å²) in [4.78, 5) is 38.3. The van der Waals surface area contributed by atoms with Gasteiger partial charge in [-0.25, -0.2) is 4.79 Å². The number of benzene rings is 1. The monoisotopic (exact) mass is 494 g/mol. The number of hydrogen-bond acceptors (Lipinski definition) is 8. The van der Waals surface area contributed by atoms with E-state index in [9.17, 15) is 22.8 Å². The van der Waals surface area contributed by atoms with Crippen LogP contribution in [-0.4, -0.2) is 48.5 Å². The number of rotatable bonds is 10. The minimum atomic E-state index is -3.70. The maximum absolute atomic E-state index is 12.4. The molecule has 1 aliphatic heterocycles. The molecule has 34 heavy (non-hydrogen) atoms. The van der Waals surface area contributed by atoms with Gasteiger partial charge in [0.15, 0.2) is 0 Å². The first-order chi connectivity index (χ1) is 16.1. The number of hydrogen-bond donors (Lipinski definition) is 1. The van der Waals surface area contributed by atoms with E-state index in [0.29, 0.717) is 31.2 Å². The van der Waals surface area contributed by atoms with E-state index in [1.165, 1.54) is 17.7 Å². The highest BCUT2D eigenvalue weighted by Gasteiger charge is 2.39. The summed E-state index contributed by atoms with van der Waals surface area (Å²) in [6.45, 7) is 3.09. The van der Waals surface area contributed by atoms with Crippen molar-refractivity contribution in [3.63, 3.8) is 0 Å². The number of nitrogens with zero attached hydrogens (tertiary/aromatic N) is 1. The summed E-state index contributed by atoms with van der Waals surface area (Å²) in [7, 11) is -3.70. The first-order valence-corrected chi connectivity index (χ1v) is 13.0. The highest BCUT2D eigenvalue weighted by atomic mass is 32.2. The summed E-state index contributed by atoms with van der Waals surface area (Å²) in [5.41, 5.74) is 0.290. The Bertz CT molecular complexity index is 1210. The Kier molecular flexibility index (Phi) is 8.45. The lowest BCUT2D eigenvalue weighted by Gasteiger charge is -2.22. The van der Waals surface area contributed by atoms with E-state index in [1.807, 2.05) is 30.3 Å². The van der Waals surface area contributed by atoms with Crippen LogP contribution in [0.4, 0.5) is 0 Å². The Morgan fingerprint density at radius 2 is 1.97 bits per heavy atom. The maximum Gasteiger partial charge on any atom is 0.330 e. The molecule has 186 valence electrons. The third-order valence-electron chi connectivity index (χ3n) is 5.62. The molecule has 0 spiro atoms. The fraction of sp³-hybridized carbons (Fsp3) is 0.522. The predicted octanol–water partition coefficient (Wildman–Crippen LogP) is 1.69. The molecule has 2 heterocycles. The fourth-order valence-electron chi connectivity index (χ4n) is 4.12. The molecule has 0 aliphatic carbocycles. The van der Waals surface area contributed by atoms with Crippen LogP contribution < -0.4 is 11.2 Å². The zero-order chi connectivity index (χ0) is 24.9. The molecule has 0 bridgehead atoms. The summed E-state index contributed by atoms with van der Waals surface area (Å²) in [6, 6.07) is 9.36. The minimum absolute atomic E-state index is 0.218. The summed E-state index contributed by atoms with van der Waals surface area (Å²) in [5.74, 6) is -0.490. The van der Waals surface area contributed by atoms with E-state index in [2.05, 4.69) is 4.98 Å². The average molecular weight is 495 g/mol. The lowest BCUT2D eigenvalue weighted by atomic mass is 10.0. The first-order valence-electron chi connectivity index (χ1n) is 11.1. The molecule has 2 aromatic rings. The van der Waals surface area contributed by atoms with Crippen LogP contribution in [0.1, 0.15) is 50.5 Å². The molecule has 10 nitrogen and oxygen atoms in total. The molecule has 1 aromatic carbocycles. The number of ether oxygens (including phenoxy) is 2. The summed E-state index contributed by atoms with van der Waals surface area (Å²) in [5, 5.41) is 0. The van der Waals surface area contributed by atoms with Crippen molar-refractivity contribution in [3.8, 4) is 0 Å². The SMILES string of the molecule is CCc1cn([C@@H]2CC(OC(C)=O)[C@H](CC[C@@H](Cc3ccccc3)OS(C)(=O)=O)O2)c(=O)[nH]c1=O. The summed E-state index contributed by atoms with van der Waals surface area (Å²) < 4.78 is 41.7. The Morgan fingerprint density at radius 1 is 1.26 bits per heavy atom. The number of aromatic amines is 1. The smallest absolute Gasteiger partial charge is 0.330 e. The van der Waals surface area contributed by atoms with Crippen LogP contribution in [0.2, 0.25) is 0 Å². The molecule has 1 aromatic heterocycles. The number of esters is 1. The van der Waals surface area contributed by atoms with Gasteiger partial charge in [-0.3, -0.25) is 23.3 Å². The zero-order valence-electron chi connectivity index (χ0n) is 19.4. The van der Waals surface area contributed by atoms with Crippen LogP contribution >= 0.6 is 0 Å². The maximum atomic E-state index is 12.4. The van der Waals surface area contributed by atoms with Crippen LogP contribution in [0, 0.1) is 0 Å². The standard InChI is InChI=1S/C23H30N2O8S/c1-4-17-14-25(23(28)24-22(17)27)21-13-20(31-15(2)26)19(32-21)11-10-18(33-34(3,29)30)12-16-8-6-5-7-9-16/h5-9,14,18-21H,4,10-13H2,1-3H3,(H,24,27,28)/t18-,19-,20?,21-/m0/s1. The second-order valence-electron chi connectivity index (χ2n) is 8.38. The molecular formula is C23H30N2O8S. The van der Waals surface area contributed by atoms with Gasteiger partial charge in [-0.15, -0.1) is 0 Å². The van der Waals surface area contributed by atoms with Gasteiger partial charge in [0.05, 0.1) is 18.5 Å². The third kappa shape index (κ3) is 7.12. The van der Waals surface area contributed by atoms with Gasteiger partial charge in [-0.1, -0.05) is 37.3 Å². The first kappa shape index (κ1) is 25.9. The van der Waals surface area contributed by atoms with Crippen LogP contribution in [-0.2, 0) is 41.4 Å². The number of carbonyl (C=O) groups is 1. The van der Waals surface area contributed by atoms with E-state index in [-0.39, 0.29) is 6.42 Å². The molecule has 0 radical (unpaired) electrons. The van der Waals surface area contributed by atoms with Crippen molar-refractivity contribution in [2.24, 2.45) is 0 Å². The van der Waals surface area contributed by atoms with Gasteiger partial charge in [0, 0.05) is 31.5 Å². The molecule has 1 unspecified atom stereocenters. The van der Waals surface area contributed by atoms with E-state index < -0.39 is 51.9 Å². The second kappa shape index (κ2) is 11.1. The minimum Gasteiger partial charge on any atom is -0.460 e. The molecule has 1 N–H and O–H groups in total. The van der Waals surface area contributed by atoms with Crippen LogP contribution in [0.5, 0.6) is 0 Å². The second-order valence-corrected chi connectivity index (χ2v) is 9.98. The van der Waals surface area contributed by atoms with Crippen molar-refractivity contribution in [1.82, 2.24) is 9.55 Å². The topological polar surface area (TPSA) is 134 Å². The van der Waals surface area contributed by atoms with Crippen molar-refractivity contribution in [2.75, 3.05) is 6.26 Å². The van der Waals surface area contributed by atoms with Gasteiger partial charge >= 0.3 is 11.7 Å². The number of aryl methyl sites for hydroxylation is 1. The van der Waals surface area contributed by atoms with E-state index in [0.717, 1.165) is 11.8 Å². The summed E-state index contributed by atoms with van der Waals surface area (Å²) in [6.07, 6.45) is 1.54. The molecule has 0 amide bonds. The van der Waals surface area contributed by atoms with Crippen LogP contribution in [0.3, 0.4) is 0 Å². The highest BCUT2D eigenvalue weighted by Crippen LogP contribution is 2.33.